The maximum Gasteiger partial charge on any atom is 0.254 e. The highest BCUT2D eigenvalue weighted by molar-refractivity contribution is 7.17. The average Bonchev–Trinajstić information content (AvgIpc) is 3.78. The van der Waals surface area contributed by atoms with Gasteiger partial charge in [-0.25, -0.2) is 0 Å². The lowest BCUT2D eigenvalue weighted by molar-refractivity contribution is -0.117. The minimum Gasteiger partial charge on any atom is -0.352 e. The Balaban J connectivity index is 1.24. The molecule has 2 heterocycles. The molecule has 9 heteroatoms. The summed E-state index contributed by atoms with van der Waals surface area (Å²) < 4.78 is 2.18. The third kappa shape index (κ3) is 4.97. The first-order chi connectivity index (χ1) is 17.1. The van der Waals surface area contributed by atoms with E-state index in [1.54, 1.807) is 11.3 Å². The monoisotopic (exact) mass is 496 g/mol. The first-order valence-corrected chi connectivity index (χ1v) is 14.3. The van der Waals surface area contributed by atoms with E-state index in [1.807, 2.05) is 6.33 Å². The van der Waals surface area contributed by atoms with Gasteiger partial charge in [-0.05, 0) is 75.2 Å². The Hall–Kier alpha value is -2.42. The highest BCUT2D eigenvalue weighted by atomic mass is 32.1. The van der Waals surface area contributed by atoms with E-state index < -0.39 is 0 Å². The maximum atomic E-state index is 13.4. The van der Waals surface area contributed by atoms with Crippen molar-refractivity contribution < 1.29 is 9.59 Å². The molecule has 4 aliphatic rings. The van der Waals surface area contributed by atoms with Crippen molar-refractivity contribution in [3.05, 3.63) is 22.3 Å². The number of aryl methyl sites for hydroxylation is 1. The van der Waals surface area contributed by atoms with Gasteiger partial charge < -0.3 is 16.0 Å². The minimum atomic E-state index is -0.0423. The smallest absolute Gasteiger partial charge is 0.254 e. The van der Waals surface area contributed by atoms with Gasteiger partial charge in [0.05, 0.1) is 5.56 Å². The molecule has 188 valence electrons. The topological polar surface area (TPSA) is 101 Å². The molecule has 0 aromatic carbocycles. The van der Waals surface area contributed by atoms with Crippen LogP contribution in [0.15, 0.2) is 6.33 Å². The summed E-state index contributed by atoms with van der Waals surface area (Å²) >= 11 is 1.60. The van der Waals surface area contributed by atoms with Crippen LogP contribution < -0.4 is 16.0 Å². The zero-order chi connectivity index (χ0) is 23.9. The largest absolute Gasteiger partial charge is 0.352 e. The number of nitrogens with zero attached hydrogens (tertiary/aromatic N) is 3. The molecular weight excluding hydrogens is 460 g/mol. The molecule has 0 aliphatic heterocycles. The van der Waals surface area contributed by atoms with Crippen molar-refractivity contribution in [1.29, 1.82) is 0 Å². The number of hydrogen-bond acceptors (Lipinski definition) is 6. The van der Waals surface area contributed by atoms with Crippen LogP contribution in [-0.2, 0) is 17.6 Å². The minimum absolute atomic E-state index is 0.0423. The zero-order valence-electron chi connectivity index (χ0n) is 20.5. The molecule has 0 saturated heterocycles. The molecule has 2 amide bonds. The van der Waals surface area contributed by atoms with Crippen molar-refractivity contribution >= 4 is 34.1 Å². The summed E-state index contributed by atoms with van der Waals surface area (Å²) in [5.41, 5.74) is 1.78. The van der Waals surface area contributed by atoms with E-state index in [4.69, 9.17) is 0 Å². The fourth-order valence-electron chi connectivity index (χ4n) is 5.65. The summed E-state index contributed by atoms with van der Waals surface area (Å²) in [5.74, 6) is 2.20. The van der Waals surface area contributed by atoms with Crippen LogP contribution in [0.2, 0.25) is 0 Å². The fourth-order valence-corrected chi connectivity index (χ4v) is 6.89. The van der Waals surface area contributed by atoms with Crippen LogP contribution in [0.5, 0.6) is 0 Å². The Bertz CT molecular complexity index is 1100. The Labute approximate surface area is 210 Å². The Morgan fingerprint density at radius 1 is 1.11 bits per heavy atom. The molecule has 3 atom stereocenters. The van der Waals surface area contributed by atoms with Crippen LogP contribution in [0.1, 0.15) is 91.6 Å². The van der Waals surface area contributed by atoms with Crippen molar-refractivity contribution in [2.24, 2.45) is 17.8 Å². The molecule has 4 aliphatic carbocycles. The number of rotatable bonds is 8. The van der Waals surface area contributed by atoms with Gasteiger partial charge in [-0.2, -0.15) is 0 Å². The van der Waals surface area contributed by atoms with E-state index >= 15 is 0 Å². The van der Waals surface area contributed by atoms with Crippen LogP contribution in [0.4, 0.5) is 10.9 Å². The second-order valence-electron chi connectivity index (χ2n) is 11.1. The van der Waals surface area contributed by atoms with E-state index in [0.29, 0.717) is 23.4 Å². The highest BCUT2D eigenvalue weighted by Gasteiger charge is 2.35. The van der Waals surface area contributed by atoms with Crippen LogP contribution in [-0.4, -0.2) is 39.2 Å². The number of fused-ring (bicyclic) bond motifs is 1. The molecule has 2 aromatic heterocycles. The molecule has 0 spiro atoms. The number of hydrogen-bond donors (Lipinski definition) is 3. The van der Waals surface area contributed by atoms with E-state index in [-0.39, 0.29) is 23.8 Å². The quantitative estimate of drug-likeness (QED) is 0.498. The summed E-state index contributed by atoms with van der Waals surface area (Å²) in [7, 11) is 0. The van der Waals surface area contributed by atoms with Crippen molar-refractivity contribution in [2.75, 3.05) is 17.2 Å². The predicted molar refractivity (Wildman–Crippen MR) is 137 cm³/mol. The number of carbonyl (C=O) groups excluding carboxylic acids is 2. The van der Waals surface area contributed by atoms with Gasteiger partial charge in [0.1, 0.15) is 11.3 Å². The van der Waals surface area contributed by atoms with Crippen LogP contribution >= 0.6 is 11.3 Å². The van der Waals surface area contributed by atoms with Gasteiger partial charge in [-0.1, -0.05) is 19.8 Å². The number of thiophene rings is 1. The highest BCUT2D eigenvalue weighted by Crippen LogP contribution is 2.43. The SMILES string of the molecule is CC1CCCCC1Nc1nncn1[C@H]1CCc2sc(NC(=O)C3CC3)c(C(=O)NCC3CC3)c2C1. The lowest BCUT2D eigenvalue weighted by Crippen LogP contribution is -2.32. The van der Waals surface area contributed by atoms with Gasteiger partial charge in [-0.15, -0.1) is 21.5 Å². The third-order valence-electron chi connectivity index (χ3n) is 8.29. The molecule has 35 heavy (non-hydrogen) atoms. The summed E-state index contributed by atoms with van der Waals surface area (Å²) in [4.78, 5) is 27.2. The number of nitrogens with one attached hydrogen (secondary N) is 3. The molecule has 6 rings (SSSR count). The standard InChI is InChI=1S/C26H36N6O2S/c1-15-4-2-3-5-20(15)29-26-31-28-14-32(26)18-10-11-21-19(12-18)22(24(34)27-13-16-6-7-16)25(35-21)30-23(33)17-8-9-17/h14-18,20H,2-13H2,1H3,(H,27,34)(H,29,31)(H,30,33)/t15?,18-,20?/m0/s1. The molecule has 8 nitrogen and oxygen atoms in total. The summed E-state index contributed by atoms with van der Waals surface area (Å²) in [6.07, 6.45) is 13.7. The average molecular weight is 497 g/mol. The molecule has 0 bridgehead atoms. The molecule has 3 saturated carbocycles. The first-order valence-electron chi connectivity index (χ1n) is 13.5. The van der Waals surface area contributed by atoms with Gasteiger partial charge in [-0.3, -0.25) is 14.2 Å². The first kappa shape index (κ1) is 23.0. The lowest BCUT2D eigenvalue weighted by atomic mass is 9.86. The maximum absolute atomic E-state index is 13.4. The number of aromatic nitrogens is 3. The van der Waals surface area contributed by atoms with E-state index in [2.05, 4.69) is 37.6 Å². The third-order valence-corrected chi connectivity index (χ3v) is 9.49. The predicted octanol–water partition coefficient (Wildman–Crippen LogP) is 4.55. The number of carbonyl (C=O) groups is 2. The Morgan fingerprint density at radius 3 is 2.71 bits per heavy atom. The van der Waals surface area contributed by atoms with Crippen molar-refractivity contribution in [3.63, 3.8) is 0 Å². The summed E-state index contributed by atoms with van der Waals surface area (Å²) in [6.45, 7) is 3.04. The second kappa shape index (κ2) is 9.56. The lowest BCUT2D eigenvalue weighted by Gasteiger charge is -2.31. The normalized spacial score (nSPS) is 26.1. The second-order valence-corrected chi connectivity index (χ2v) is 12.2. The van der Waals surface area contributed by atoms with Gasteiger partial charge in [0, 0.05) is 29.4 Å². The Kier molecular flexibility index (Phi) is 6.28. The molecule has 0 radical (unpaired) electrons. The van der Waals surface area contributed by atoms with Crippen molar-refractivity contribution in [2.45, 2.75) is 89.6 Å². The molecule has 2 aromatic rings. The van der Waals surface area contributed by atoms with Gasteiger partial charge in [0.15, 0.2) is 0 Å². The van der Waals surface area contributed by atoms with E-state index in [1.165, 1.54) is 43.4 Å². The fraction of sp³-hybridized carbons (Fsp3) is 0.692. The summed E-state index contributed by atoms with van der Waals surface area (Å²) in [5, 5.41) is 19.3. The number of anilines is 2. The van der Waals surface area contributed by atoms with Crippen LogP contribution in [0.3, 0.4) is 0 Å². The molecular formula is C26H36N6O2S. The van der Waals surface area contributed by atoms with E-state index in [0.717, 1.165) is 55.2 Å². The van der Waals surface area contributed by atoms with Crippen molar-refractivity contribution in [1.82, 2.24) is 20.1 Å². The van der Waals surface area contributed by atoms with Crippen molar-refractivity contribution in [3.8, 4) is 0 Å². The molecule has 3 fully saturated rings. The van der Waals surface area contributed by atoms with Crippen LogP contribution in [0.25, 0.3) is 0 Å². The van der Waals surface area contributed by atoms with Gasteiger partial charge in [0.2, 0.25) is 11.9 Å². The van der Waals surface area contributed by atoms with Crippen LogP contribution in [0, 0.1) is 17.8 Å². The molecule has 3 N–H and O–H groups in total. The summed E-state index contributed by atoms with van der Waals surface area (Å²) in [6, 6.07) is 0.621. The molecule has 2 unspecified atom stereocenters. The van der Waals surface area contributed by atoms with Gasteiger partial charge >= 0.3 is 0 Å². The van der Waals surface area contributed by atoms with E-state index in [9.17, 15) is 9.59 Å². The van der Waals surface area contributed by atoms with Gasteiger partial charge in [0.25, 0.3) is 5.91 Å². The zero-order valence-corrected chi connectivity index (χ0v) is 21.3. The Morgan fingerprint density at radius 2 is 1.94 bits per heavy atom. The number of amides is 2.